The van der Waals surface area contributed by atoms with Crippen LogP contribution in [-0.2, 0) is 6.54 Å². The zero-order chi connectivity index (χ0) is 15.4. The van der Waals surface area contributed by atoms with E-state index >= 15 is 0 Å². The molecule has 0 bridgehead atoms. The molecule has 0 saturated carbocycles. The summed E-state index contributed by atoms with van der Waals surface area (Å²) in [6.07, 6.45) is 1.63. The average molecular weight is 287 g/mol. The fraction of sp³-hybridized carbons (Fsp3) is 0.250. The molecule has 21 heavy (non-hydrogen) atoms. The second-order valence-corrected chi connectivity index (χ2v) is 4.89. The minimum atomic E-state index is -0.228. The van der Waals surface area contributed by atoms with Gasteiger partial charge in [-0.2, -0.15) is 0 Å². The van der Waals surface area contributed by atoms with Crippen LogP contribution < -0.4 is 10.2 Å². The number of halogens is 1. The Balaban J connectivity index is 2.26. The molecule has 5 heteroatoms. The summed E-state index contributed by atoms with van der Waals surface area (Å²) in [5, 5.41) is 2.59. The molecule has 1 N–H and O–H groups in total. The second kappa shape index (κ2) is 6.35. The molecule has 0 spiro atoms. The third-order valence-electron chi connectivity index (χ3n) is 3.28. The van der Waals surface area contributed by atoms with Gasteiger partial charge in [0.15, 0.2) is 0 Å². The largest absolute Gasteiger partial charge is 0.355 e. The maximum atomic E-state index is 13.6. The molecular weight excluding hydrogens is 269 g/mol. The van der Waals surface area contributed by atoms with Crippen molar-refractivity contribution in [2.75, 3.05) is 19.0 Å². The van der Waals surface area contributed by atoms with Gasteiger partial charge in [0.1, 0.15) is 11.6 Å². The molecule has 2 rings (SSSR count). The lowest BCUT2D eigenvalue weighted by molar-refractivity contribution is 0.0963. The molecule has 0 saturated heterocycles. The van der Waals surface area contributed by atoms with E-state index in [0.717, 1.165) is 5.56 Å². The Morgan fingerprint density at radius 2 is 2.14 bits per heavy atom. The number of anilines is 1. The third-order valence-corrected chi connectivity index (χ3v) is 3.28. The number of hydrogen-bond donors (Lipinski definition) is 1. The van der Waals surface area contributed by atoms with Crippen LogP contribution in [0.4, 0.5) is 10.2 Å². The number of pyridine rings is 1. The van der Waals surface area contributed by atoms with Gasteiger partial charge in [-0.05, 0) is 36.2 Å². The average Bonchev–Trinajstić information content (AvgIpc) is 2.50. The van der Waals surface area contributed by atoms with Crippen LogP contribution in [0.3, 0.4) is 0 Å². The van der Waals surface area contributed by atoms with E-state index in [9.17, 15) is 9.18 Å². The van der Waals surface area contributed by atoms with Crippen LogP contribution >= 0.6 is 0 Å². The van der Waals surface area contributed by atoms with Crippen LogP contribution in [0.2, 0.25) is 0 Å². The molecule has 1 heterocycles. The number of hydrogen-bond acceptors (Lipinski definition) is 3. The molecule has 0 aliphatic heterocycles. The summed E-state index contributed by atoms with van der Waals surface area (Å²) < 4.78 is 13.6. The molecule has 0 radical (unpaired) electrons. The summed E-state index contributed by atoms with van der Waals surface area (Å²) >= 11 is 0. The highest BCUT2D eigenvalue weighted by Gasteiger charge is 2.14. The van der Waals surface area contributed by atoms with Gasteiger partial charge in [-0.1, -0.05) is 12.1 Å². The van der Waals surface area contributed by atoms with Crippen LogP contribution in [0, 0.1) is 12.7 Å². The summed E-state index contributed by atoms with van der Waals surface area (Å²) in [5.74, 6) is 0.145. The molecule has 4 nitrogen and oxygen atoms in total. The van der Waals surface area contributed by atoms with Crippen LogP contribution in [0.25, 0.3) is 0 Å². The summed E-state index contributed by atoms with van der Waals surface area (Å²) in [6.45, 7) is 2.20. The van der Waals surface area contributed by atoms with E-state index in [1.54, 1.807) is 38.4 Å². The Hall–Kier alpha value is -2.43. The van der Waals surface area contributed by atoms with Gasteiger partial charge >= 0.3 is 0 Å². The van der Waals surface area contributed by atoms with Gasteiger partial charge in [-0.15, -0.1) is 0 Å². The van der Waals surface area contributed by atoms with Crippen molar-refractivity contribution in [1.29, 1.82) is 0 Å². The molecule has 1 aromatic carbocycles. The highest BCUT2D eigenvalue weighted by Crippen LogP contribution is 2.19. The Labute approximate surface area is 123 Å². The maximum Gasteiger partial charge on any atom is 0.254 e. The van der Waals surface area contributed by atoms with Crippen LogP contribution in [0.5, 0.6) is 0 Å². The number of nitrogens with zero attached hydrogens (tertiary/aromatic N) is 2. The summed E-state index contributed by atoms with van der Waals surface area (Å²) in [4.78, 5) is 17.9. The first-order chi connectivity index (χ1) is 10.0. The van der Waals surface area contributed by atoms with E-state index in [-0.39, 0.29) is 11.7 Å². The third kappa shape index (κ3) is 3.37. The molecule has 0 unspecified atom stereocenters. The Kier molecular flexibility index (Phi) is 4.52. The van der Waals surface area contributed by atoms with Gasteiger partial charge in [0.25, 0.3) is 5.91 Å². The van der Waals surface area contributed by atoms with Gasteiger partial charge in [0, 0.05) is 26.8 Å². The quantitative estimate of drug-likeness (QED) is 0.940. The second-order valence-electron chi connectivity index (χ2n) is 4.89. The van der Waals surface area contributed by atoms with Crippen LogP contribution in [0.1, 0.15) is 21.5 Å². The SMILES string of the molecule is CNC(=O)c1cccnc1N(C)Cc1ccc(C)c(F)c1. The molecule has 1 amide bonds. The normalized spacial score (nSPS) is 10.3. The van der Waals surface area contributed by atoms with E-state index in [4.69, 9.17) is 0 Å². The molecule has 0 fully saturated rings. The molecule has 110 valence electrons. The zero-order valence-electron chi connectivity index (χ0n) is 12.4. The van der Waals surface area contributed by atoms with E-state index in [1.165, 1.54) is 6.07 Å². The van der Waals surface area contributed by atoms with Crippen molar-refractivity contribution in [3.8, 4) is 0 Å². The first-order valence-electron chi connectivity index (χ1n) is 6.66. The molecule has 0 aliphatic carbocycles. The lowest BCUT2D eigenvalue weighted by Gasteiger charge is -2.20. The summed E-state index contributed by atoms with van der Waals surface area (Å²) in [6, 6.07) is 8.56. The predicted octanol–water partition coefficient (Wildman–Crippen LogP) is 2.53. The van der Waals surface area contributed by atoms with Crippen molar-refractivity contribution in [1.82, 2.24) is 10.3 Å². The van der Waals surface area contributed by atoms with E-state index in [0.29, 0.717) is 23.5 Å². The Morgan fingerprint density at radius 1 is 1.38 bits per heavy atom. The minimum absolute atomic E-state index is 0.194. The number of amides is 1. The number of aryl methyl sites for hydroxylation is 1. The highest BCUT2D eigenvalue weighted by atomic mass is 19.1. The van der Waals surface area contributed by atoms with Crippen molar-refractivity contribution in [2.45, 2.75) is 13.5 Å². The molecule has 0 atom stereocenters. The van der Waals surface area contributed by atoms with Gasteiger partial charge in [0.2, 0.25) is 0 Å². The van der Waals surface area contributed by atoms with Crippen molar-refractivity contribution in [2.24, 2.45) is 0 Å². The van der Waals surface area contributed by atoms with Crippen molar-refractivity contribution in [3.63, 3.8) is 0 Å². The van der Waals surface area contributed by atoms with Crippen LogP contribution in [0.15, 0.2) is 36.5 Å². The lowest BCUT2D eigenvalue weighted by Crippen LogP contribution is -2.25. The van der Waals surface area contributed by atoms with Gasteiger partial charge in [-0.25, -0.2) is 9.37 Å². The Morgan fingerprint density at radius 3 is 2.81 bits per heavy atom. The number of benzene rings is 1. The number of nitrogens with one attached hydrogen (secondary N) is 1. The zero-order valence-corrected chi connectivity index (χ0v) is 12.4. The van der Waals surface area contributed by atoms with Crippen LogP contribution in [-0.4, -0.2) is 25.0 Å². The minimum Gasteiger partial charge on any atom is -0.355 e. The molecule has 1 aromatic heterocycles. The summed E-state index contributed by atoms with van der Waals surface area (Å²) in [7, 11) is 3.40. The van der Waals surface area contributed by atoms with E-state index in [1.807, 2.05) is 18.0 Å². The maximum absolute atomic E-state index is 13.6. The fourth-order valence-electron chi connectivity index (χ4n) is 2.10. The number of aromatic nitrogens is 1. The monoisotopic (exact) mass is 287 g/mol. The molecular formula is C16H18FN3O. The fourth-order valence-corrected chi connectivity index (χ4v) is 2.10. The first-order valence-corrected chi connectivity index (χ1v) is 6.66. The van der Waals surface area contributed by atoms with Crippen molar-refractivity contribution < 1.29 is 9.18 Å². The standard InChI is InChI=1S/C16H18FN3O/c1-11-6-7-12(9-14(11)17)10-20(3)15-13(16(21)18-2)5-4-8-19-15/h4-9H,10H2,1-3H3,(H,18,21). The number of carbonyl (C=O) groups is 1. The lowest BCUT2D eigenvalue weighted by atomic mass is 10.1. The highest BCUT2D eigenvalue weighted by molar-refractivity contribution is 5.98. The number of carbonyl (C=O) groups excluding carboxylic acids is 1. The number of rotatable bonds is 4. The topological polar surface area (TPSA) is 45.2 Å². The smallest absolute Gasteiger partial charge is 0.254 e. The van der Waals surface area contributed by atoms with Gasteiger partial charge in [-0.3, -0.25) is 4.79 Å². The molecule has 2 aromatic rings. The first kappa shape index (κ1) is 15.0. The van der Waals surface area contributed by atoms with E-state index in [2.05, 4.69) is 10.3 Å². The Bertz CT molecular complexity index is 658. The van der Waals surface area contributed by atoms with E-state index < -0.39 is 0 Å². The van der Waals surface area contributed by atoms with Gasteiger partial charge < -0.3 is 10.2 Å². The predicted molar refractivity (Wildman–Crippen MR) is 80.9 cm³/mol. The summed E-state index contributed by atoms with van der Waals surface area (Å²) in [5.41, 5.74) is 1.94. The molecule has 0 aliphatic rings. The van der Waals surface area contributed by atoms with Crippen molar-refractivity contribution >= 4 is 11.7 Å². The van der Waals surface area contributed by atoms with Crippen molar-refractivity contribution in [3.05, 3.63) is 59.0 Å². The van der Waals surface area contributed by atoms with Gasteiger partial charge in [0.05, 0.1) is 5.56 Å².